The summed E-state index contributed by atoms with van der Waals surface area (Å²) in [5.41, 5.74) is 1.16. The molecule has 1 aliphatic rings. The molecule has 0 spiro atoms. The number of rotatable bonds is 7. The van der Waals surface area contributed by atoms with Crippen LogP contribution in [-0.4, -0.2) is 49.8 Å². The fourth-order valence-electron chi connectivity index (χ4n) is 3.30. The fourth-order valence-corrected chi connectivity index (χ4v) is 3.30. The first kappa shape index (κ1) is 21.8. The van der Waals surface area contributed by atoms with Gasteiger partial charge >= 0.3 is 0 Å². The van der Waals surface area contributed by atoms with Crippen LogP contribution in [0.25, 0.3) is 0 Å². The molecule has 30 heavy (non-hydrogen) atoms. The molecular formula is C22H29F2N5O. The van der Waals surface area contributed by atoms with E-state index >= 15 is 0 Å². The first-order valence-corrected chi connectivity index (χ1v) is 10.4. The lowest BCUT2D eigenvalue weighted by molar-refractivity contribution is 0.325. The Morgan fingerprint density at radius 1 is 1.20 bits per heavy atom. The van der Waals surface area contributed by atoms with Crippen LogP contribution in [0, 0.1) is 18.6 Å². The van der Waals surface area contributed by atoms with E-state index in [0.717, 1.165) is 61.9 Å². The van der Waals surface area contributed by atoms with E-state index < -0.39 is 11.6 Å². The average molecular weight is 418 g/mol. The Kier molecular flexibility index (Phi) is 7.82. The molecule has 0 radical (unpaired) electrons. The minimum absolute atomic E-state index is 0.277. The molecule has 0 saturated carbocycles. The number of guanidine groups is 1. The van der Waals surface area contributed by atoms with Gasteiger partial charge in [0.1, 0.15) is 18.2 Å². The van der Waals surface area contributed by atoms with Crippen molar-refractivity contribution in [3.8, 4) is 5.75 Å². The van der Waals surface area contributed by atoms with Crippen molar-refractivity contribution in [2.75, 3.05) is 37.7 Å². The van der Waals surface area contributed by atoms with Gasteiger partial charge in [-0.05, 0) is 50.5 Å². The van der Waals surface area contributed by atoms with Crippen LogP contribution in [0.1, 0.15) is 25.3 Å². The Labute approximate surface area is 176 Å². The third-order valence-corrected chi connectivity index (χ3v) is 4.92. The van der Waals surface area contributed by atoms with E-state index in [9.17, 15) is 8.78 Å². The summed E-state index contributed by atoms with van der Waals surface area (Å²) in [7, 11) is 0. The highest BCUT2D eigenvalue weighted by Gasteiger charge is 2.20. The molecule has 3 rings (SSSR count). The minimum Gasteiger partial charge on any atom is -0.492 e. The number of anilines is 1. The summed E-state index contributed by atoms with van der Waals surface area (Å²) < 4.78 is 31.6. The maximum atomic E-state index is 13.2. The van der Waals surface area contributed by atoms with Gasteiger partial charge in [0.25, 0.3) is 0 Å². The first-order valence-electron chi connectivity index (χ1n) is 10.4. The van der Waals surface area contributed by atoms with Crippen molar-refractivity contribution < 1.29 is 13.5 Å². The van der Waals surface area contributed by atoms with E-state index in [1.807, 2.05) is 20.0 Å². The van der Waals surface area contributed by atoms with Gasteiger partial charge in [-0.15, -0.1) is 0 Å². The predicted octanol–water partition coefficient (Wildman–Crippen LogP) is 3.27. The number of nitrogens with zero attached hydrogens (tertiary/aromatic N) is 3. The van der Waals surface area contributed by atoms with E-state index in [4.69, 9.17) is 4.74 Å². The number of hydrogen-bond donors (Lipinski definition) is 2. The summed E-state index contributed by atoms with van der Waals surface area (Å²) in [6, 6.07) is 7.99. The molecule has 8 heteroatoms. The summed E-state index contributed by atoms with van der Waals surface area (Å²) >= 11 is 0. The largest absolute Gasteiger partial charge is 0.492 e. The van der Waals surface area contributed by atoms with Gasteiger partial charge < -0.3 is 20.3 Å². The highest BCUT2D eigenvalue weighted by Crippen LogP contribution is 2.18. The highest BCUT2D eigenvalue weighted by molar-refractivity contribution is 5.80. The van der Waals surface area contributed by atoms with Gasteiger partial charge in [-0.2, -0.15) is 0 Å². The second-order valence-corrected chi connectivity index (χ2v) is 7.28. The maximum absolute atomic E-state index is 13.2. The zero-order valence-electron chi connectivity index (χ0n) is 17.5. The molecule has 162 valence electrons. The normalized spacial score (nSPS) is 15.2. The molecule has 1 aliphatic heterocycles. The highest BCUT2D eigenvalue weighted by atomic mass is 19.2. The van der Waals surface area contributed by atoms with Crippen molar-refractivity contribution in [2.45, 2.75) is 32.7 Å². The minimum atomic E-state index is -0.918. The summed E-state index contributed by atoms with van der Waals surface area (Å²) in [4.78, 5) is 11.3. The molecule has 0 amide bonds. The molecule has 0 atom stereocenters. The number of aromatic nitrogens is 1. The monoisotopic (exact) mass is 417 g/mol. The number of piperidine rings is 1. The number of aliphatic imine (C=N–C) groups is 1. The summed E-state index contributed by atoms with van der Waals surface area (Å²) in [6.07, 6.45) is 3.88. The lowest BCUT2D eigenvalue weighted by Crippen LogP contribution is -2.49. The fraction of sp³-hybridized carbons (Fsp3) is 0.455. The molecule has 0 aliphatic carbocycles. The van der Waals surface area contributed by atoms with Gasteiger partial charge in [0.05, 0.1) is 6.54 Å². The Morgan fingerprint density at radius 2 is 2.00 bits per heavy atom. The van der Waals surface area contributed by atoms with Crippen LogP contribution in [0.2, 0.25) is 0 Å². The molecule has 1 aromatic heterocycles. The van der Waals surface area contributed by atoms with E-state index in [2.05, 4.69) is 37.6 Å². The molecule has 2 heterocycles. The molecule has 1 fully saturated rings. The lowest BCUT2D eigenvalue weighted by Gasteiger charge is -2.33. The van der Waals surface area contributed by atoms with Crippen LogP contribution in [0.15, 0.2) is 41.5 Å². The van der Waals surface area contributed by atoms with Gasteiger partial charge in [-0.1, -0.05) is 6.07 Å². The summed E-state index contributed by atoms with van der Waals surface area (Å²) in [5, 5.41) is 6.72. The second kappa shape index (κ2) is 10.8. The van der Waals surface area contributed by atoms with Gasteiger partial charge in [0.2, 0.25) is 0 Å². The number of ether oxygens (including phenoxy) is 1. The molecule has 6 nitrogen and oxygen atoms in total. The van der Waals surface area contributed by atoms with Crippen molar-refractivity contribution in [3.63, 3.8) is 0 Å². The van der Waals surface area contributed by atoms with Gasteiger partial charge in [0.15, 0.2) is 17.6 Å². The maximum Gasteiger partial charge on any atom is 0.191 e. The zero-order chi connectivity index (χ0) is 21.3. The first-order chi connectivity index (χ1) is 14.5. The van der Waals surface area contributed by atoms with Crippen molar-refractivity contribution >= 4 is 11.8 Å². The Bertz CT molecular complexity index is 836. The van der Waals surface area contributed by atoms with Crippen LogP contribution in [-0.2, 0) is 0 Å². The third kappa shape index (κ3) is 6.30. The second-order valence-electron chi connectivity index (χ2n) is 7.28. The average Bonchev–Trinajstić information content (AvgIpc) is 2.75. The van der Waals surface area contributed by atoms with Crippen LogP contribution < -0.4 is 20.3 Å². The standard InChI is InChI=1S/C22H29F2N5O/c1-3-25-22(26-10-13-30-18-5-6-19(23)20(24)14-18)28-17-8-11-29(12-9-17)21-7-4-16(2)15-27-21/h4-7,14-15,17H,3,8-13H2,1-2H3,(H2,25,26,28). The predicted molar refractivity (Wildman–Crippen MR) is 115 cm³/mol. The van der Waals surface area contributed by atoms with Gasteiger partial charge in [-0.3, -0.25) is 0 Å². The Hall–Kier alpha value is -2.90. The van der Waals surface area contributed by atoms with E-state index in [0.29, 0.717) is 18.3 Å². The molecule has 2 N–H and O–H groups in total. The number of hydrogen-bond acceptors (Lipinski definition) is 4. The van der Waals surface area contributed by atoms with E-state index in [1.165, 1.54) is 6.07 Å². The molecular weight excluding hydrogens is 388 g/mol. The van der Waals surface area contributed by atoms with Crippen molar-refractivity contribution in [2.24, 2.45) is 4.99 Å². The number of nitrogens with one attached hydrogen (secondary N) is 2. The Morgan fingerprint density at radius 3 is 2.67 bits per heavy atom. The number of halogens is 2. The zero-order valence-corrected chi connectivity index (χ0v) is 17.5. The molecule has 2 aromatic rings. The summed E-state index contributed by atoms with van der Waals surface area (Å²) in [5.74, 6) is 0.243. The number of benzene rings is 1. The third-order valence-electron chi connectivity index (χ3n) is 4.92. The summed E-state index contributed by atoms with van der Waals surface area (Å²) in [6.45, 7) is 7.36. The SMILES string of the molecule is CCNC(=NCCOc1ccc(F)c(F)c1)NC1CCN(c2ccc(C)cn2)CC1. The van der Waals surface area contributed by atoms with Crippen molar-refractivity contribution in [1.82, 2.24) is 15.6 Å². The molecule has 0 bridgehead atoms. The molecule has 1 saturated heterocycles. The lowest BCUT2D eigenvalue weighted by atomic mass is 10.1. The van der Waals surface area contributed by atoms with Crippen molar-refractivity contribution in [1.29, 1.82) is 0 Å². The van der Waals surface area contributed by atoms with Crippen LogP contribution in [0.3, 0.4) is 0 Å². The van der Waals surface area contributed by atoms with Crippen LogP contribution in [0.4, 0.5) is 14.6 Å². The van der Waals surface area contributed by atoms with Crippen LogP contribution in [0.5, 0.6) is 5.75 Å². The van der Waals surface area contributed by atoms with E-state index in [-0.39, 0.29) is 6.61 Å². The smallest absolute Gasteiger partial charge is 0.191 e. The van der Waals surface area contributed by atoms with Crippen LogP contribution >= 0.6 is 0 Å². The van der Waals surface area contributed by atoms with E-state index in [1.54, 1.807) is 0 Å². The topological polar surface area (TPSA) is 61.8 Å². The van der Waals surface area contributed by atoms with Gasteiger partial charge in [0, 0.05) is 37.9 Å². The van der Waals surface area contributed by atoms with Gasteiger partial charge in [-0.25, -0.2) is 18.8 Å². The van der Waals surface area contributed by atoms with Crippen molar-refractivity contribution in [3.05, 3.63) is 53.7 Å². The molecule has 1 aromatic carbocycles. The number of pyridine rings is 1. The molecule has 0 unspecified atom stereocenters. The Balaban J connectivity index is 1.45. The quantitative estimate of drug-likeness (QED) is 0.411. The number of aryl methyl sites for hydroxylation is 1.